The van der Waals surface area contributed by atoms with Crippen LogP contribution in [-0.2, 0) is 20.9 Å². The van der Waals surface area contributed by atoms with Crippen molar-refractivity contribution in [1.29, 1.82) is 0 Å². The summed E-state index contributed by atoms with van der Waals surface area (Å²) < 4.78 is 31.7. The van der Waals surface area contributed by atoms with Gasteiger partial charge in [0.05, 0.1) is 21.7 Å². The van der Waals surface area contributed by atoms with Gasteiger partial charge < -0.3 is 39.4 Å². The predicted octanol–water partition coefficient (Wildman–Crippen LogP) is 6.93. The molecule has 1 aliphatic heterocycles. The van der Waals surface area contributed by atoms with Crippen molar-refractivity contribution in [2.75, 3.05) is 18.5 Å². The zero-order valence-electron chi connectivity index (χ0n) is 32.3. The second kappa shape index (κ2) is 18.2. The van der Waals surface area contributed by atoms with Gasteiger partial charge in [-0.2, -0.15) is 0 Å². The summed E-state index contributed by atoms with van der Waals surface area (Å²) in [5.41, 5.74) is 1.75. The van der Waals surface area contributed by atoms with Crippen LogP contribution in [0.4, 0.5) is 14.9 Å². The number of carbonyl (C=O) groups is 4. The summed E-state index contributed by atoms with van der Waals surface area (Å²) in [6.07, 6.45) is -1.77. The summed E-state index contributed by atoms with van der Waals surface area (Å²) in [4.78, 5) is 65.6. The van der Waals surface area contributed by atoms with Crippen LogP contribution < -0.4 is 20.8 Å². The summed E-state index contributed by atoms with van der Waals surface area (Å²) in [6.45, 7) is 0.953. The number of aliphatic hydroxyl groups is 1. The Labute approximate surface area is 360 Å². The minimum absolute atomic E-state index is 0.0342. The lowest BCUT2D eigenvalue weighted by Gasteiger charge is -2.40. The van der Waals surface area contributed by atoms with Crippen molar-refractivity contribution < 1.29 is 52.8 Å². The molecule has 0 saturated carbocycles. The molecule has 312 valence electrons. The van der Waals surface area contributed by atoms with E-state index in [-0.39, 0.29) is 76.9 Å². The predicted molar refractivity (Wildman–Crippen MR) is 230 cm³/mol. The fourth-order valence-corrected chi connectivity index (χ4v) is 7.69. The van der Waals surface area contributed by atoms with Crippen molar-refractivity contribution in [2.24, 2.45) is 0 Å². The molecule has 0 unspecified atom stereocenters. The number of amides is 3. The van der Waals surface area contributed by atoms with E-state index in [4.69, 9.17) is 13.9 Å². The van der Waals surface area contributed by atoms with Gasteiger partial charge in [-0.05, 0) is 100 Å². The Morgan fingerprint density at radius 1 is 0.951 bits per heavy atom. The highest BCUT2D eigenvalue weighted by Crippen LogP contribution is 2.42. The number of nitrogens with one attached hydrogen (secondary N) is 2. The molecule has 14 nitrogen and oxygen atoms in total. The number of carboxylic acids is 1. The highest BCUT2D eigenvalue weighted by atomic mass is 127. The number of aromatic hydroxyl groups is 1. The normalized spacial score (nSPS) is 16.1. The molecule has 3 amide bonds. The van der Waals surface area contributed by atoms with Crippen molar-refractivity contribution in [3.05, 3.63) is 146 Å². The summed E-state index contributed by atoms with van der Waals surface area (Å²) in [5, 5.41) is 37.6. The first-order valence-electron chi connectivity index (χ1n) is 18.9. The van der Waals surface area contributed by atoms with Gasteiger partial charge in [0.1, 0.15) is 47.5 Å². The van der Waals surface area contributed by atoms with Crippen LogP contribution in [0.3, 0.4) is 0 Å². The highest BCUT2D eigenvalue weighted by Gasteiger charge is 2.40. The first kappa shape index (κ1) is 42.3. The number of phenolic OH excluding ortho intramolecular Hbond substituents is 1. The van der Waals surface area contributed by atoms with E-state index in [2.05, 4.69) is 33.2 Å². The number of halogens is 2. The topological polar surface area (TPSA) is 205 Å². The number of nitrogens with zero attached hydrogens (tertiary/aromatic N) is 1. The monoisotopic (exact) mass is 941 g/mol. The first-order chi connectivity index (χ1) is 29.2. The maximum absolute atomic E-state index is 13.6. The Morgan fingerprint density at radius 2 is 1.70 bits per heavy atom. The van der Waals surface area contributed by atoms with Crippen molar-refractivity contribution in [2.45, 2.75) is 38.1 Å². The first-order valence-corrected chi connectivity index (χ1v) is 19.9. The smallest absolute Gasteiger partial charge is 0.411 e. The fraction of sp³-hybridized carbons (Fsp3) is 0.178. The maximum Gasteiger partial charge on any atom is 0.411 e. The lowest BCUT2D eigenvalue weighted by atomic mass is 9.88. The van der Waals surface area contributed by atoms with Crippen LogP contribution in [0.25, 0.3) is 33.4 Å². The molecule has 7 rings (SSSR count). The molecule has 0 spiro atoms. The Kier molecular flexibility index (Phi) is 12.6. The molecule has 61 heavy (non-hydrogen) atoms. The quantitative estimate of drug-likeness (QED) is 0.0483. The number of aliphatic hydroxyl groups excluding tert-OH is 1. The molecule has 5 N–H and O–H groups in total. The summed E-state index contributed by atoms with van der Waals surface area (Å²) in [7, 11) is 0. The van der Waals surface area contributed by atoms with Crippen LogP contribution in [0.1, 0.15) is 29.3 Å². The van der Waals surface area contributed by atoms with Crippen LogP contribution in [0.5, 0.6) is 11.5 Å². The van der Waals surface area contributed by atoms with Crippen molar-refractivity contribution in [1.82, 2.24) is 10.2 Å². The molecular formula is C45H37FIN3O11. The zero-order valence-corrected chi connectivity index (χ0v) is 34.4. The number of benzene rings is 5. The van der Waals surface area contributed by atoms with Gasteiger partial charge in [-0.1, -0.05) is 30.3 Å². The highest BCUT2D eigenvalue weighted by molar-refractivity contribution is 14.1. The van der Waals surface area contributed by atoms with E-state index >= 15 is 0 Å². The number of aromatic carboxylic acids is 1. The van der Waals surface area contributed by atoms with E-state index in [1.165, 1.54) is 90.7 Å². The Hall–Kier alpha value is -6.79. The molecule has 0 radical (unpaired) electrons. The number of carbonyl (C=O) groups excluding carboxylic acids is 3. The molecule has 3 aliphatic rings. The number of phenols is 1. The second-order valence-electron chi connectivity index (χ2n) is 14.1. The average molecular weight is 942 g/mol. The summed E-state index contributed by atoms with van der Waals surface area (Å²) >= 11 is 2.09. The number of ether oxygens (including phenoxy) is 2. The van der Waals surface area contributed by atoms with E-state index in [1.54, 1.807) is 18.2 Å². The van der Waals surface area contributed by atoms with Gasteiger partial charge in [-0.15, -0.1) is 0 Å². The van der Waals surface area contributed by atoms with Crippen molar-refractivity contribution in [3.63, 3.8) is 0 Å². The third-order valence-electron chi connectivity index (χ3n) is 10.1. The lowest BCUT2D eigenvalue weighted by Crippen LogP contribution is -2.54. The molecular weight excluding hydrogens is 904 g/mol. The van der Waals surface area contributed by atoms with E-state index in [9.17, 15) is 43.7 Å². The number of para-hydroxylation sites is 1. The number of fused-ring (bicyclic) bond motifs is 2. The Bertz CT molecular complexity index is 2720. The molecule has 2 aliphatic carbocycles. The van der Waals surface area contributed by atoms with Gasteiger partial charge in [0, 0.05) is 59.8 Å². The minimum Gasteiger partial charge on any atom is -0.508 e. The van der Waals surface area contributed by atoms with Crippen LogP contribution in [-0.4, -0.2) is 75.5 Å². The van der Waals surface area contributed by atoms with Crippen molar-refractivity contribution in [3.8, 4) is 33.9 Å². The van der Waals surface area contributed by atoms with Crippen LogP contribution in [0.2, 0.25) is 0 Å². The molecule has 4 aromatic rings. The van der Waals surface area contributed by atoms with Crippen molar-refractivity contribution >= 4 is 63.1 Å². The van der Waals surface area contributed by atoms with Gasteiger partial charge in [-0.3, -0.25) is 19.7 Å². The summed E-state index contributed by atoms with van der Waals surface area (Å²) in [6, 6.07) is 24.5. The van der Waals surface area contributed by atoms with E-state index in [0.29, 0.717) is 27.8 Å². The van der Waals surface area contributed by atoms with E-state index in [0.717, 1.165) is 3.57 Å². The molecule has 0 saturated heterocycles. The number of carboxylic acid groups (broad SMARTS) is 1. The van der Waals surface area contributed by atoms with Crippen LogP contribution in [0.15, 0.2) is 124 Å². The van der Waals surface area contributed by atoms with Gasteiger partial charge >= 0.3 is 12.1 Å². The van der Waals surface area contributed by atoms with Gasteiger partial charge in [0.2, 0.25) is 11.8 Å². The van der Waals surface area contributed by atoms with E-state index < -0.39 is 42.0 Å². The fourth-order valence-electron chi connectivity index (χ4n) is 7.17. The lowest BCUT2D eigenvalue weighted by molar-refractivity contribution is -0.137. The molecule has 16 heteroatoms. The number of hydrogen-bond acceptors (Lipinski definition) is 10. The summed E-state index contributed by atoms with van der Waals surface area (Å²) in [5.74, 6) is -2.15. The van der Waals surface area contributed by atoms with E-state index in [1.807, 2.05) is 12.1 Å². The van der Waals surface area contributed by atoms with Crippen LogP contribution in [0, 0.1) is 9.39 Å². The molecule has 1 heterocycles. The second-order valence-corrected chi connectivity index (χ2v) is 15.3. The largest absolute Gasteiger partial charge is 0.508 e. The third-order valence-corrected chi connectivity index (χ3v) is 10.9. The molecule has 0 aromatic heterocycles. The third kappa shape index (κ3) is 9.66. The number of hydrogen-bond donors (Lipinski definition) is 5. The zero-order chi connectivity index (χ0) is 43.4. The molecule has 3 atom stereocenters. The van der Waals surface area contributed by atoms with Gasteiger partial charge in [-0.25, -0.2) is 14.0 Å². The maximum atomic E-state index is 13.6. The molecule has 0 bridgehead atoms. The standard InChI is InChI=1S/C45H37FIN3O11/c1-24(51)50(23-25-6-8-27(46)9-7-25)36-18-26(19-40(42(36)54)60-37-5-3-2-4-35(37)47)43(55)48-16-17-59-45(58)49-28-10-13-31(34(20-28)44(56)57)41-32-14-11-29(52)21-38(32)61-39-22-30(53)12-15-33(39)41/h2-15,19-22,36,40,42,52,54H,16-18,23H2,1H3,(H,48,55)(H,49,58)(H,56,57)/t36-,40+,42+/m1/s1. The van der Waals surface area contributed by atoms with Crippen LogP contribution >= 0.6 is 22.6 Å². The Morgan fingerprint density at radius 3 is 2.44 bits per heavy atom. The Balaban J connectivity index is 1.04. The number of anilines is 1. The van der Waals surface area contributed by atoms with Gasteiger partial charge in [0.25, 0.3) is 0 Å². The SMILES string of the molecule is CC(=O)N(Cc1ccc(F)cc1)[C@@H]1CC(C(=O)NCCOC(=O)Nc2ccc(-c3c4ccc(=O)cc-4oc4cc(O)ccc34)c(C(=O)O)c2)=C[C@H](Oc2ccccc2I)[C@H]1O. The molecule has 4 aromatic carbocycles. The average Bonchev–Trinajstić information content (AvgIpc) is 3.22. The minimum atomic E-state index is -1.31. The van der Waals surface area contributed by atoms with Gasteiger partial charge in [0.15, 0.2) is 5.43 Å². The molecule has 0 fully saturated rings. The number of rotatable bonds is 12.